The van der Waals surface area contributed by atoms with Gasteiger partial charge in [-0.2, -0.15) is 0 Å². The van der Waals surface area contributed by atoms with Gasteiger partial charge in [-0.1, -0.05) is 18.2 Å². The first kappa shape index (κ1) is 14.0. The number of benzene rings is 1. The van der Waals surface area contributed by atoms with Gasteiger partial charge in [0.25, 0.3) is 0 Å². The van der Waals surface area contributed by atoms with Crippen LogP contribution in [0.5, 0.6) is 5.75 Å². The molecule has 4 heteroatoms. The second-order valence-corrected chi connectivity index (χ2v) is 5.57. The van der Waals surface area contributed by atoms with E-state index >= 15 is 0 Å². The number of hydrazine groups is 1. The smallest absolute Gasteiger partial charge is 0.122 e. The SMILES string of the molecule is COc1cc(C(NN)C2CCc3cccnc32)ccc1C. The number of aryl methyl sites for hydroxylation is 2. The van der Waals surface area contributed by atoms with E-state index in [0.717, 1.165) is 29.7 Å². The minimum absolute atomic E-state index is 0.0515. The van der Waals surface area contributed by atoms with Crippen LogP contribution >= 0.6 is 0 Å². The lowest BCUT2D eigenvalue weighted by molar-refractivity contribution is 0.406. The van der Waals surface area contributed by atoms with Gasteiger partial charge in [0.1, 0.15) is 5.75 Å². The van der Waals surface area contributed by atoms with Gasteiger partial charge in [-0.25, -0.2) is 0 Å². The number of pyridine rings is 1. The Bertz CT molecular complexity index is 642. The number of methoxy groups -OCH3 is 1. The summed E-state index contributed by atoms with van der Waals surface area (Å²) < 4.78 is 5.43. The van der Waals surface area contributed by atoms with Gasteiger partial charge in [0.2, 0.25) is 0 Å². The maximum Gasteiger partial charge on any atom is 0.122 e. The molecular formula is C17H21N3O. The summed E-state index contributed by atoms with van der Waals surface area (Å²) in [7, 11) is 1.70. The molecule has 1 aliphatic carbocycles. The van der Waals surface area contributed by atoms with Crippen molar-refractivity contribution in [3.8, 4) is 5.75 Å². The molecule has 0 saturated carbocycles. The third kappa shape index (κ3) is 2.52. The fourth-order valence-electron chi connectivity index (χ4n) is 3.24. The number of aromatic nitrogens is 1. The van der Waals surface area contributed by atoms with Crippen molar-refractivity contribution >= 4 is 0 Å². The number of nitrogens with one attached hydrogen (secondary N) is 1. The standard InChI is InChI=1S/C17H21N3O/c1-11-5-6-13(10-15(11)21-2)17(20-18)14-8-7-12-4-3-9-19-16(12)14/h3-6,9-10,14,17,20H,7-8,18H2,1-2H3. The summed E-state index contributed by atoms with van der Waals surface area (Å²) in [5, 5.41) is 0. The van der Waals surface area contributed by atoms with Crippen LogP contribution < -0.4 is 16.0 Å². The Kier molecular flexibility index (Phi) is 3.90. The van der Waals surface area contributed by atoms with Crippen LogP contribution in [0, 0.1) is 6.92 Å². The molecule has 0 spiro atoms. The molecule has 0 aliphatic heterocycles. The van der Waals surface area contributed by atoms with Crippen molar-refractivity contribution in [3.05, 3.63) is 58.9 Å². The van der Waals surface area contributed by atoms with Gasteiger partial charge in [-0.15, -0.1) is 0 Å². The molecule has 1 heterocycles. The largest absolute Gasteiger partial charge is 0.496 e. The topological polar surface area (TPSA) is 60.2 Å². The molecule has 1 aliphatic rings. The minimum atomic E-state index is 0.0515. The van der Waals surface area contributed by atoms with E-state index < -0.39 is 0 Å². The maximum absolute atomic E-state index is 5.85. The normalized spacial score (nSPS) is 18.3. The number of ether oxygens (including phenoxy) is 1. The van der Waals surface area contributed by atoms with Crippen LogP contribution in [-0.2, 0) is 6.42 Å². The Morgan fingerprint density at radius 2 is 2.24 bits per heavy atom. The van der Waals surface area contributed by atoms with Crippen molar-refractivity contribution in [2.45, 2.75) is 31.7 Å². The molecule has 1 aromatic heterocycles. The van der Waals surface area contributed by atoms with Crippen LogP contribution in [0.4, 0.5) is 0 Å². The number of hydrogen-bond acceptors (Lipinski definition) is 4. The molecule has 0 bridgehead atoms. The van der Waals surface area contributed by atoms with Crippen LogP contribution in [0.15, 0.2) is 36.5 Å². The minimum Gasteiger partial charge on any atom is -0.496 e. The number of nitrogens with two attached hydrogens (primary N) is 1. The molecule has 1 aromatic carbocycles. The first-order chi connectivity index (χ1) is 10.2. The van der Waals surface area contributed by atoms with E-state index in [1.54, 1.807) is 7.11 Å². The predicted molar refractivity (Wildman–Crippen MR) is 83.1 cm³/mol. The monoisotopic (exact) mass is 283 g/mol. The molecule has 4 nitrogen and oxygen atoms in total. The van der Waals surface area contributed by atoms with Gasteiger partial charge < -0.3 is 4.74 Å². The van der Waals surface area contributed by atoms with Crippen LogP contribution in [0.2, 0.25) is 0 Å². The third-order valence-electron chi connectivity index (χ3n) is 4.38. The van der Waals surface area contributed by atoms with Gasteiger partial charge in [0, 0.05) is 17.8 Å². The van der Waals surface area contributed by atoms with Crippen molar-refractivity contribution in [2.24, 2.45) is 5.84 Å². The van der Waals surface area contributed by atoms with Crippen molar-refractivity contribution < 1.29 is 4.74 Å². The first-order valence-corrected chi connectivity index (χ1v) is 7.29. The van der Waals surface area contributed by atoms with Crippen LogP contribution in [0.3, 0.4) is 0 Å². The zero-order valence-corrected chi connectivity index (χ0v) is 12.5. The highest BCUT2D eigenvalue weighted by atomic mass is 16.5. The van der Waals surface area contributed by atoms with Gasteiger partial charge in [-0.05, 0) is 48.6 Å². The first-order valence-electron chi connectivity index (χ1n) is 7.29. The lowest BCUT2D eigenvalue weighted by Crippen LogP contribution is -2.32. The summed E-state index contributed by atoms with van der Waals surface area (Å²) in [5.41, 5.74) is 7.75. The molecule has 2 unspecified atom stereocenters. The molecule has 2 atom stereocenters. The molecule has 2 aromatic rings. The Labute approximate surface area is 125 Å². The highest BCUT2D eigenvalue weighted by molar-refractivity contribution is 5.40. The number of rotatable bonds is 4. The van der Waals surface area contributed by atoms with Crippen LogP contribution in [0.1, 0.15) is 40.8 Å². The Morgan fingerprint density at radius 1 is 1.38 bits per heavy atom. The molecule has 0 radical (unpaired) electrons. The quantitative estimate of drug-likeness (QED) is 0.669. The van der Waals surface area contributed by atoms with E-state index in [1.807, 2.05) is 19.2 Å². The summed E-state index contributed by atoms with van der Waals surface area (Å²) in [5.74, 6) is 7.05. The van der Waals surface area contributed by atoms with E-state index in [-0.39, 0.29) is 6.04 Å². The number of hydrogen-bond donors (Lipinski definition) is 2. The highest BCUT2D eigenvalue weighted by Gasteiger charge is 2.31. The van der Waals surface area contributed by atoms with Gasteiger partial charge in [0.05, 0.1) is 13.2 Å². The lowest BCUT2D eigenvalue weighted by atomic mass is 9.90. The maximum atomic E-state index is 5.85. The lowest BCUT2D eigenvalue weighted by Gasteiger charge is -2.24. The summed E-state index contributed by atoms with van der Waals surface area (Å²) >= 11 is 0. The summed E-state index contributed by atoms with van der Waals surface area (Å²) in [6.07, 6.45) is 3.99. The zero-order valence-electron chi connectivity index (χ0n) is 12.5. The van der Waals surface area contributed by atoms with Crippen LogP contribution in [-0.4, -0.2) is 12.1 Å². The Hall–Kier alpha value is -1.91. The summed E-state index contributed by atoms with van der Waals surface area (Å²) in [6, 6.07) is 10.5. The third-order valence-corrected chi connectivity index (χ3v) is 4.38. The molecule has 0 fully saturated rings. The Balaban J connectivity index is 1.96. The number of nitrogens with zero attached hydrogens (tertiary/aromatic N) is 1. The zero-order chi connectivity index (χ0) is 14.8. The summed E-state index contributed by atoms with van der Waals surface area (Å²) in [4.78, 5) is 4.57. The Morgan fingerprint density at radius 3 is 3.00 bits per heavy atom. The van der Waals surface area contributed by atoms with Crippen molar-refractivity contribution in [3.63, 3.8) is 0 Å². The second-order valence-electron chi connectivity index (χ2n) is 5.57. The van der Waals surface area contributed by atoms with Gasteiger partial charge in [-0.3, -0.25) is 16.3 Å². The molecule has 110 valence electrons. The van der Waals surface area contributed by atoms with E-state index in [0.29, 0.717) is 5.92 Å². The second kappa shape index (κ2) is 5.84. The van der Waals surface area contributed by atoms with E-state index in [9.17, 15) is 0 Å². The average Bonchev–Trinajstić information content (AvgIpc) is 2.94. The van der Waals surface area contributed by atoms with E-state index in [2.05, 4.69) is 34.7 Å². The molecule has 0 saturated heterocycles. The molecule has 21 heavy (non-hydrogen) atoms. The van der Waals surface area contributed by atoms with Crippen molar-refractivity contribution in [1.29, 1.82) is 0 Å². The average molecular weight is 283 g/mol. The molecule has 3 rings (SSSR count). The van der Waals surface area contributed by atoms with Crippen molar-refractivity contribution in [2.75, 3.05) is 7.11 Å². The van der Waals surface area contributed by atoms with Crippen molar-refractivity contribution in [1.82, 2.24) is 10.4 Å². The van der Waals surface area contributed by atoms with E-state index in [1.165, 1.54) is 11.3 Å². The van der Waals surface area contributed by atoms with Gasteiger partial charge >= 0.3 is 0 Å². The predicted octanol–water partition coefficient (Wildman–Crippen LogP) is 2.63. The van der Waals surface area contributed by atoms with E-state index in [4.69, 9.17) is 10.6 Å². The highest BCUT2D eigenvalue weighted by Crippen LogP contribution is 2.40. The fourth-order valence-corrected chi connectivity index (χ4v) is 3.24. The molecule has 0 amide bonds. The van der Waals surface area contributed by atoms with Gasteiger partial charge in [0.15, 0.2) is 0 Å². The molecule has 3 N–H and O–H groups in total. The van der Waals surface area contributed by atoms with Crippen LogP contribution in [0.25, 0.3) is 0 Å². The number of fused-ring (bicyclic) bond motifs is 1. The summed E-state index contributed by atoms with van der Waals surface area (Å²) in [6.45, 7) is 2.04. The fraction of sp³-hybridized carbons (Fsp3) is 0.353. The molecular weight excluding hydrogens is 262 g/mol.